The highest BCUT2D eigenvalue weighted by molar-refractivity contribution is 5.92. The van der Waals surface area contributed by atoms with Crippen molar-refractivity contribution in [3.63, 3.8) is 0 Å². The first-order valence-electron chi connectivity index (χ1n) is 7.04. The van der Waals surface area contributed by atoms with Gasteiger partial charge in [0.05, 0.1) is 18.8 Å². The molecule has 3 rings (SSSR count). The van der Waals surface area contributed by atoms with Crippen molar-refractivity contribution in [3.8, 4) is 0 Å². The monoisotopic (exact) mass is 291 g/mol. The molecule has 0 saturated carbocycles. The average Bonchev–Trinajstić information content (AvgIpc) is 3.15. The Labute approximate surface area is 120 Å². The van der Waals surface area contributed by atoms with Crippen LogP contribution < -0.4 is 5.69 Å². The molecule has 0 radical (unpaired) electrons. The second-order valence-corrected chi connectivity index (χ2v) is 4.99. The lowest BCUT2D eigenvalue weighted by atomic mass is 10.0. The first-order valence-corrected chi connectivity index (χ1v) is 7.04. The quantitative estimate of drug-likeness (QED) is 0.831. The van der Waals surface area contributed by atoms with E-state index in [0.29, 0.717) is 24.6 Å². The fraction of sp³-hybridized carbons (Fsp3) is 0.583. The van der Waals surface area contributed by atoms with Gasteiger partial charge in [0.1, 0.15) is 0 Å². The minimum absolute atomic E-state index is 0.178. The highest BCUT2D eigenvalue weighted by atomic mass is 16.2. The fourth-order valence-corrected chi connectivity index (χ4v) is 2.59. The van der Waals surface area contributed by atoms with E-state index in [1.807, 2.05) is 6.92 Å². The molecule has 0 bridgehead atoms. The molecular weight excluding hydrogens is 274 g/mol. The summed E-state index contributed by atoms with van der Waals surface area (Å²) in [7, 11) is 0. The first kappa shape index (κ1) is 13.5. The molecular formula is C12H17N7O2. The standard InChI is InChI=1S/C12H17N7O2/c1-2-19-13-7-8(17-19)11(20)18-6-4-3-5-9(18)10-14-12(21)16-15-10/h7,9H,2-6H2,1H3,(H2,14,15,16,21). The zero-order valence-corrected chi connectivity index (χ0v) is 11.7. The number of rotatable bonds is 3. The summed E-state index contributed by atoms with van der Waals surface area (Å²) in [6.07, 6.45) is 4.17. The van der Waals surface area contributed by atoms with Gasteiger partial charge in [-0.05, 0) is 26.2 Å². The summed E-state index contributed by atoms with van der Waals surface area (Å²) in [6, 6.07) is -0.225. The number of likely N-dealkylation sites (tertiary alicyclic amines) is 1. The van der Waals surface area contributed by atoms with E-state index in [1.165, 1.54) is 11.0 Å². The van der Waals surface area contributed by atoms with Gasteiger partial charge in [-0.3, -0.25) is 9.78 Å². The van der Waals surface area contributed by atoms with Crippen LogP contribution in [0.5, 0.6) is 0 Å². The maximum absolute atomic E-state index is 12.6. The lowest BCUT2D eigenvalue weighted by Gasteiger charge is -2.33. The SMILES string of the molecule is CCn1ncc(C(=O)N2CCCCC2c2n[nH]c(=O)[nH]2)n1. The Hall–Kier alpha value is -2.45. The van der Waals surface area contributed by atoms with Gasteiger partial charge in [-0.25, -0.2) is 9.89 Å². The second-order valence-electron chi connectivity index (χ2n) is 4.99. The second kappa shape index (κ2) is 5.51. The summed E-state index contributed by atoms with van der Waals surface area (Å²) in [6.45, 7) is 3.15. The van der Waals surface area contributed by atoms with Crippen LogP contribution in [-0.4, -0.2) is 47.5 Å². The van der Waals surface area contributed by atoms with Crippen LogP contribution in [0.3, 0.4) is 0 Å². The molecule has 0 aliphatic carbocycles. The number of aryl methyl sites for hydroxylation is 1. The van der Waals surface area contributed by atoms with E-state index in [1.54, 1.807) is 4.90 Å². The Balaban J connectivity index is 1.86. The number of piperidine rings is 1. The number of amides is 1. The maximum Gasteiger partial charge on any atom is 0.340 e. The van der Waals surface area contributed by atoms with Crippen molar-refractivity contribution in [2.24, 2.45) is 0 Å². The molecule has 9 nitrogen and oxygen atoms in total. The molecule has 2 aromatic heterocycles. The van der Waals surface area contributed by atoms with Crippen LogP contribution in [0.2, 0.25) is 0 Å². The van der Waals surface area contributed by atoms with Crippen molar-refractivity contribution < 1.29 is 4.79 Å². The number of carbonyl (C=O) groups is 1. The van der Waals surface area contributed by atoms with Crippen molar-refractivity contribution in [1.82, 2.24) is 35.1 Å². The van der Waals surface area contributed by atoms with Crippen molar-refractivity contribution in [2.45, 2.75) is 38.8 Å². The average molecular weight is 291 g/mol. The molecule has 0 spiro atoms. The smallest absolute Gasteiger partial charge is 0.327 e. The number of H-pyrrole nitrogens is 2. The number of aromatic nitrogens is 6. The molecule has 1 unspecified atom stereocenters. The number of aromatic amines is 2. The zero-order valence-electron chi connectivity index (χ0n) is 11.7. The Kier molecular flexibility index (Phi) is 3.55. The molecule has 112 valence electrons. The molecule has 3 heterocycles. The minimum Gasteiger partial charge on any atom is -0.327 e. The zero-order chi connectivity index (χ0) is 14.8. The molecule has 1 aliphatic rings. The lowest BCUT2D eigenvalue weighted by molar-refractivity contribution is 0.0593. The highest BCUT2D eigenvalue weighted by Gasteiger charge is 2.32. The molecule has 1 aliphatic heterocycles. The third-order valence-corrected chi connectivity index (χ3v) is 3.64. The molecule has 2 aromatic rings. The highest BCUT2D eigenvalue weighted by Crippen LogP contribution is 2.29. The number of carbonyl (C=O) groups excluding carboxylic acids is 1. The molecule has 1 saturated heterocycles. The summed E-state index contributed by atoms with van der Waals surface area (Å²) in [4.78, 5) is 29.6. The molecule has 1 amide bonds. The van der Waals surface area contributed by atoms with Gasteiger partial charge in [0.2, 0.25) is 0 Å². The van der Waals surface area contributed by atoms with Gasteiger partial charge >= 0.3 is 5.69 Å². The van der Waals surface area contributed by atoms with E-state index in [-0.39, 0.29) is 17.6 Å². The summed E-state index contributed by atoms with van der Waals surface area (Å²) in [5.74, 6) is 0.319. The van der Waals surface area contributed by atoms with Gasteiger partial charge in [0.25, 0.3) is 5.91 Å². The van der Waals surface area contributed by atoms with Gasteiger partial charge in [-0.1, -0.05) is 0 Å². The summed E-state index contributed by atoms with van der Waals surface area (Å²) < 4.78 is 0. The van der Waals surface area contributed by atoms with E-state index in [0.717, 1.165) is 19.3 Å². The van der Waals surface area contributed by atoms with Crippen LogP contribution in [0.1, 0.15) is 48.5 Å². The fourth-order valence-electron chi connectivity index (χ4n) is 2.59. The molecule has 2 N–H and O–H groups in total. The van der Waals surface area contributed by atoms with Gasteiger partial charge in [0.15, 0.2) is 11.5 Å². The van der Waals surface area contributed by atoms with Gasteiger partial charge in [-0.15, -0.1) is 5.10 Å². The third kappa shape index (κ3) is 2.58. The van der Waals surface area contributed by atoms with Gasteiger partial charge in [0, 0.05) is 6.54 Å². The van der Waals surface area contributed by atoms with Crippen molar-refractivity contribution in [2.75, 3.05) is 6.54 Å². The predicted molar refractivity (Wildman–Crippen MR) is 72.5 cm³/mol. The van der Waals surface area contributed by atoms with Crippen molar-refractivity contribution in [3.05, 3.63) is 28.2 Å². The Morgan fingerprint density at radius 2 is 2.33 bits per heavy atom. The van der Waals surface area contributed by atoms with Crippen LogP contribution in [0.15, 0.2) is 11.0 Å². The first-order chi connectivity index (χ1) is 10.2. The van der Waals surface area contributed by atoms with E-state index in [9.17, 15) is 9.59 Å². The number of hydrogen-bond acceptors (Lipinski definition) is 5. The third-order valence-electron chi connectivity index (χ3n) is 3.64. The Morgan fingerprint density at radius 1 is 1.48 bits per heavy atom. The summed E-state index contributed by atoms with van der Waals surface area (Å²) in [5.41, 5.74) is -0.0402. The summed E-state index contributed by atoms with van der Waals surface area (Å²) >= 11 is 0. The van der Waals surface area contributed by atoms with Gasteiger partial charge < -0.3 is 4.90 Å². The van der Waals surface area contributed by atoms with E-state index >= 15 is 0 Å². The van der Waals surface area contributed by atoms with E-state index in [4.69, 9.17) is 0 Å². The van der Waals surface area contributed by atoms with Crippen LogP contribution in [-0.2, 0) is 6.54 Å². The molecule has 21 heavy (non-hydrogen) atoms. The van der Waals surface area contributed by atoms with E-state index < -0.39 is 0 Å². The van der Waals surface area contributed by atoms with Gasteiger partial charge in [-0.2, -0.15) is 15.0 Å². The Morgan fingerprint density at radius 3 is 3.00 bits per heavy atom. The normalized spacial score (nSPS) is 18.9. The van der Waals surface area contributed by atoms with Crippen LogP contribution in [0, 0.1) is 0 Å². The molecule has 9 heteroatoms. The molecule has 1 atom stereocenters. The maximum atomic E-state index is 12.6. The number of nitrogens with one attached hydrogen (secondary N) is 2. The lowest BCUT2D eigenvalue weighted by Crippen LogP contribution is -2.39. The van der Waals surface area contributed by atoms with Crippen molar-refractivity contribution >= 4 is 5.91 Å². The van der Waals surface area contributed by atoms with Crippen LogP contribution in [0.25, 0.3) is 0 Å². The predicted octanol–water partition coefficient (Wildman–Crippen LogP) is 0.0768. The molecule has 0 aromatic carbocycles. The minimum atomic E-state index is -0.361. The van der Waals surface area contributed by atoms with Crippen LogP contribution in [0.4, 0.5) is 0 Å². The summed E-state index contributed by atoms with van der Waals surface area (Å²) in [5, 5.41) is 14.5. The van der Waals surface area contributed by atoms with Crippen molar-refractivity contribution in [1.29, 1.82) is 0 Å². The topological polar surface area (TPSA) is 113 Å². The van der Waals surface area contributed by atoms with Crippen LogP contribution >= 0.6 is 0 Å². The number of hydrogen-bond donors (Lipinski definition) is 2. The van der Waals surface area contributed by atoms with E-state index in [2.05, 4.69) is 25.4 Å². The largest absolute Gasteiger partial charge is 0.340 e. The Bertz CT molecular complexity index is 686. The number of nitrogens with zero attached hydrogens (tertiary/aromatic N) is 5. The molecule has 1 fully saturated rings.